The Kier molecular flexibility index (Phi) is 9.38. The van der Waals surface area contributed by atoms with Crippen LogP contribution in [0.4, 0.5) is 0 Å². The first-order valence-electron chi connectivity index (χ1n) is 13.5. The third-order valence-corrected chi connectivity index (χ3v) is 7.58. The molecule has 0 amide bonds. The molecule has 0 bridgehead atoms. The minimum atomic E-state index is -1.90. The molecule has 2 aromatic carbocycles. The van der Waals surface area contributed by atoms with Crippen molar-refractivity contribution in [1.29, 1.82) is 0 Å². The molecule has 2 aliphatic rings. The number of benzene rings is 2. The van der Waals surface area contributed by atoms with E-state index in [-0.39, 0.29) is 34.2 Å². The fourth-order valence-corrected chi connectivity index (χ4v) is 5.13. The molecule has 2 fully saturated rings. The van der Waals surface area contributed by atoms with Crippen LogP contribution in [0.5, 0.6) is 28.7 Å². The molecule has 5 rings (SSSR count). The van der Waals surface area contributed by atoms with E-state index in [0.29, 0.717) is 0 Å². The van der Waals surface area contributed by atoms with Crippen LogP contribution >= 0.6 is 0 Å². The van der Waals surface area contributed by atoms with Crippen LogP contribution in [-0.2, 0) is 14.2 Å². The number of hydrogen-bond acceptors (Lipinski definition) is 17. The van der Waals surface area contributed by atoms with Crippen LogP contribution in [0.2, 0.25) is 0 Å². The summed E-state index contributed by atoms with van der Waals surface area (Å²) >= 11 is 0. The summed E-state index contributed by atoms with van der Waals surface area (Å²) in [5.41, 5.74) is -1.14. The van der Waals surface area contributed by atoms with Gasteiger partial charge in [-0.2, -0.15) is 0 Å². The standard InChI is InChI=1S/C28H32O17/c1-40-13-4-9(2-3-11(13)31)25-21(36)19(34)17-12(32)5-10(6-14(17)42-25)41-27-24(39)22(37)26(16(8-30)44-27)45-28-23(38)20(35)18(33)15(7-29)43-28/h2-6,15-16,18,20,22-24,26-33,35-39H,7-8H2,1H3/t15-,16-,18-,20+,22-,23-,24-,26-,27-,28+/m1/s1. The monoisotopic (exact) mass is 640 g/mol. The highest BCUT2D eigenvalue weighted by Gasteiger charge is 2.51. The number of aliphatic hydroxyl groups is 7. The Labute approximate surface area is 252 Å². The molecule has 10 atom stereocenters. The predicted octanol–water partition coefficient (Wildman–Crippen LogP) is -2.41. The van der Waals surface area contributed by atoms with Gasteiger partial charge in [-0.3, -0.25) is 4.79 Å². The van der Waals surface area contributed by atoms with Crippen molar-refractivity contribution in [2.75, 3.05) is 20.3 Å². The van der Waals surface area contributed by atoms with Crippen molar-refractivity contribution < 1.29 is 79.2 Å². The largest absolute Gasteiger partial charge is 0.507 e. The summed E-state index contributed by atoms with van der Waals surface area (Å²) in [5, 5.41) is 102. The number of aliphatic hydroxyl groups excluding tert-OH is 7. The molecular formula is C28H32O17. The van der Waals surface area contributed by atoms with Crippen molar-refractivity contribution in [3.8, 4) is 40.1 Å². The van der Waals surface area contributed by atoms with E-state index in [1.165, 1.54) is 25.3 Å². The number of fused-ring (bicyclic) bond motifs is 1. The molecule has 0 unspecified atom stereocenters. The number of aromatic hydroxyl groups is 3. The molecule has 3 aromatic rings. The molecule has 0 radical (unpaired) electrons. The zero-order valence-electron chi connectivity index (χ0n) is 23.4. The second-order valence-corrected chi connectivity index (χ2v) is 10.4. The molecule has 2 aliphatic heterocycles. The number of ether oxygens (including phenoxy) is 5. The van der Waals surface area contributed by atoms with Crippen LogP contribution in [0.15, 0.2) is 39.5 Å². The van der Waals surface area contributed by atoms with Gasteiger partial charge >= 0.3 is 0 Å². The lowest BCUT2D eigenvalue weighted by molar-refractivity contribution is -0.352. The summed E-state index contributed by atoms with van der Waals surface area (Å²) in [6.07, 6.45) is -16.9. The van der Waals surface area contributed by atoms with Gasteiger partial charge < -0.3 is 79.2 Å². The van der Waals surface area contributed by atoms with Gasteiger partial charge in [0.2, 0.25) is 17.5 Å². The van der Waals surface area contributed by atoms with Gasteiger partial charge in [0.1, 0.15) is 71.3 Å². The van der Waals surface area contributed by atoms with Gasteiger partial charge in [-0.05, 0) is 18.2 Å². The van der Waals surface area contributed by atoms with E-state index in [2.05, 4.69) is 0 Å². The van der Waals surface area contributed by atoms with E-state index in [1.807, 2.05) is 0 Å². The minimum Gasteiger partial charge on any atom is -0.507 e. The highest BCUT2D eigenvalue weighted by molar-refractivity contribution is 5.88. The summed E-state index contributed by atoms with van der Waals surface area (Å²) in [6.45, 7) is -1.57. The van der Waals surface area contributed by atoms with E-state index in [0.717, 1.165) is 12.1 Å². The van der Waals surface area contributed by atoms with E-state index in [1.54, 1.807) is 0 Å². The van der Waals surface area contributed by atoms with Crippen molar-refractivity contribution >= 4 is 11.0 Å². The van der Waals surface area contributed by atoms with Gasteiger partial charge in [0.15, 0.2) is 23.5 Å². The normalized spacial score (nSPS) is 32.0. The van der Waals surface area contributed by atoms with Gasteiger partial charge in [-0.1, -0.05) is 0 Å². The Bertz CT molecular complexity index is 1570. The van der Waals surface area contributed by atoms with Crippen molar-refractivity contribution in [3.05, 3.63) is 40.6 Å². The number of rotatable bonds is 8. The fraction of sp³-hybridized carbons (Fsp3) is 0.464. The average molecular weight is 641 g/mol. The summed E-state index contributed by atoms with van der Waals surface area (Å²) < 4.78 is 32.8. The van der Waals surface area contributed by atoms with Crippen molar-refractivity contribution in [3.63, 3.8) is 0 Å². The van der Waals surface area contributed by atoms with E-state index in [9.17, 15) is 55.9 Å². The topological polar surface area (TPSA) is 279 Å². The molecule has 1 aromatic heterocycles. The lowest BCUT2D eigenvalue weighted by Crippen LogP contribution is -2.65. The molecule has 3 heterocycles. The van der Waals surface area contributed by atoms with E-state index >= 15 is 0 Å². The first-order chi connectivity index (χ1) is 21.4. The van der Waals surface area contributed by atoms with Crippen molar-refractivity contribution in [2.24, 2.45) is 0 Å². The Morgan fingerprint density at radius 3 is 2.11 bits per heavy atom. The SMILES string of the molecule is COc1cc(-c2oc3cc(O[C@@H]4O[C@H](CO)[C@@H](O[C@@H]5O[C@H](CO)[C@@H](O)[C@H](O)[C@H]5O)[C@H](O)[C@H]4O)cc(O)c3c(=O)c2O)ccc1O. The number of phenolic OH excluding ortho intramolecular Hbond substituents is 2. The maximum atomic E-state index is 12.9. The third kappa shape index (κ3) is 5.98. The Morgan fingerprint density at radius 1 is 0.778 bits per heavy atom. The zero-order chi connectivity index (χ0) is 32.7. The van der Waals surface area contributed by atoms with Crippen molar-refractivity contribution in [1.82, 2.24) is 0 Å². The summed E-state index contributed by atoms with van der Waals surface area (Å²) in [7, 11) is 1.29. The van der Waals surface area contributed by atoms with Gasteiger partial charge in [-0.15, -0.1) is 0 Å². The second-order valence-electron chi connectivity index (χ2n) is 10.4. The molecule has 45 heavy (non-hydrogen) atoms. The fourth-order valence-electron chi connectivity index (χ4n) is 5.13. The Balaban J connectivity index is 1.40. The van der Waals surface area contributed by atoms with Crippen LogP contribution in [0.25, 0.3) is 22.3 Å². The number of hydrogen-bond donors (Lipinski definition) is 10. The van der Waals surface area contributed by atoms with E-state index < -0.39 is 96.9 Å². The summed E-state index contributed by atoms with van der Waals surface area (Å²) in [5.74, 6) is -2.31. The lowest BCUT2D eigenvalue weighted by atomic mass is 9.97. The molecule has 10 N–H and O–H groups in total. The molecule has 0 aliphatic carbocycles. The van der Waals surface area contributed by atoms with Crippen LogP contribution in [0.1, 0.15) is 0 Å². The lowest BCUT2D eigenvalue weighted by Gasteiger charge is -2.45. The smallest absolute Gasteiger partial charge is 0.238 e. The summed E-state index contributed by atoms with van der Waals surface area (Å²) in [4.78, 5) is 12.9. The first-order valence-corrected chi connectivity index (χ1v) is 13.5. The number of phenols is 2. The van der Waals surface area contributed by atoms with Crippen LogP contribution < -0.4 is 14.9 Å². The molecule has 2 saturated heterocycles. The Morgan fingerprint density at radius 2 is 1.44 bits per heavy atom. The van der Waals surface area contributed by atoms with Crippen LogP contribution in [-0.4, -0.2) is 133 Å². The number of methoxy groups -OCH3 is 1. The molecule has 246 valence electrons. The van der Waals surface area contributed by atoms with Gasteiger partial charge in [-0.25, -0.2) is 0 Å². The maximum absolute atomic E-state index is 12.9. The van der Waals surface area contributed by atoms with Gasteiger partial charge in [0.25, 0.3) is 0 Å². The van der Waals surface area contributed by atoms with Crippen LogP contribution in [0, 0.1) is 0 Å². The maximum Gasteiger partial charge on any atom is 0.238 e. The van der Waals surface area contributed by atoms with Gasteiger partial charge in [0, 0.05) is 17.7 Å². The molecule has 17 nitrogen and oxygen atoms in total. The molecule has 0 saturated carbocycles. The van der Waals surface area contributed by atoms with Crippen LogP contribution in [0.3, 0.4) is 0 Å². The molecular weight excluding hydrogens is 608 g/mol. The third-order valence-electron chi connectivity index (χ3n) is 7.58. The minimum absolute atomic E-state index is 0.0174. The zero-order valence-corrected chi connectivity index (χ0v) is 23.4. The summed E-state index contributed by atoms with van der Waals surface area (Å²) in [6, 6.07) is 5.96. The Hall–Kier alpha value is -3.75. The van der Waals surface area contributed by atoms with Crippen molar-refractivity contribution in [2.45, 2.75) is 61.4 Å². The first kappa shape index (κ1) is 32.6. The highest BCUT2D eigenvalue weighted by Crippen LogP contribution is 2.39. The molecule has 0 spiro atoms. The highest BCUT2D eigenvalue weighted by atomic mass is 16.7. The van der Waals surface area contributed by atoms with E-state index in [4.69, 9.17) is 28.1 Å². The average Bonchev–Trinajstić information content (AvgIpc) is 3.02. The second kappa shape index (κ2) is 12.9. The predicted molar refractivity (Wildman–Crippen MR) is 146 cm³/mol. The van der Waals surface area contributed by atoms with Gasteiger partial charge in [0.05, 0.1) is 20.3 Å². The quantitative estimate of drug-likeness (QED) is 0.123. The molecule has 17 heteroatoms.